The number of rotatable bonds is 3. The maximum atomic E-state index is 11.2. The van der Waals surface area contributed by atoms with E-state index in [1.54, 1.807) is 0 Å². The monoisotopic (exact) mass is 187 g/mol. The molecule has 76 valence electrons. The lowest BCUT2D eigenvalue weighted by atomic mass is 9.98. The number of amides is 1. The van der Waals surface area contributed by atoms with Crippen molar-refractivity contribution in [2.24, 2.45) is 0 Å². The zero-order valence-corrected chi connectivity index (χ0v) is 7.92. The second kappa shape index (κ2) is 4.07. The van der Waals surface area contributed by atoms with Crippen molar-refractivity contribution < 1.29 is 15.0 Å². The van der Waals surface area contributed by atoms with Gasteiger partial charge in [0.05, 0.1) is 12.1 Å². The van der Waals surface area contributed by atoms with Crippen LogP contribution in [-0.2, 0) is 4.79 Å². The number of nitrogens with one attached hydrogen (secondary N) is 1. The fourth-order valence-electron chi connectivity index (χ4n) is 1.74. The van der Waals surface area contributed by atoms with Gasteiger partial charge in [-0.05, 0) is 19.8 Å². The first kappa shape index (κ1) is 10.5. The minimum absolute atomic E-state index is 0.0362. The third kappa shape index (κ3) is 2.42. The van der Waals surface area contributed by atoms with Crippen LogP contribution in [-0.4, -0.2) is 34.4 Å². The minimum atomic E-state index is -0.996. The average Bonchev–Trinajstić information content (AvgIpc) is 2.54. The van der Waals surface area contributed by atoms with Gasteiger partial charge in [-0.2, -0.15) is 0 Å². The molecular weight excluding hydrogens is 170 g/mol. The molecule has 13 heavy (non-hydrogen) atoms. The highest BCUT2D eigenvalue weighted by molar-refractivity contribution is 5.80. The van der Waals surface area contributed by atoms with Gasteiger partial charge in [0.15, 0.2) is 0 Å². The fraction of sp³-hybridized carbons (Fsp3) is 0.889. The fourth-order valence-corrected chi connectivity index (χ4v) is 1.74. The van der Waals surface area contributed by atoms with E-state index in [4.69, 9.17) is 10.2 Å². The van der Waals surface area contributed by atoms with Crippen LogP contribution in [0.1, 0.15) is 32.6 Å². The van der Waals surface area contributed by atoms with Crippen LogP contribution >= 0.6 is 0 Å². The SMILES string of the molecule is C[C@H](O)C(=O)NC1(CO)CCCC1. The number of carbonyl (C=O) groups excluding carboxylic acids is 1. The van der Waals surface area contributed by atoms with Crippen molar-refractivity contribution in [2.75, 3.05) is 6.61 Å². The van der Waals surface area contributed by atoms with Crippen molar-refractivity contribution >= 4 is 5.91 Å². The summed E-state index contributed by atoms with van der Waals surface area (Å²) in [6.07, 6.45) is 2.68. The number of aliphatic hydroxyl groups is 2. The van der Waals surface area contributed by atoms with Crippen molar-refractivity contribution in [1.29, 1.82) is 0 Å². The summed E-state index contributed by atoms with van der Waals surface area (Å²) in [6.45, 7) is 1.39. The van der Waals surface area contributed by atoms with Gasteiger partial charge >= 0.3 is 0 Å². The molecule has 1 saturated carbocycles. The molecule has 1 amide bonds. The number of carbonyl (C=O) groups is 1. The summed E-state index contributed by atoms with van der Waals surface area (Å²) in [5.41, 5.74) is -0.464. The molecule has 0 aromatic carbocycles. The van der Waals surface area contributed by atoms with Gasteiger partial charge in [0.1, 0.15) is 6.10 Å². The molecule has 1 aliphatic rings. The van der Waals surface area contributed by atoms with E-state index in [-0.39, 0.29) is 6.61 Å². The Kier molecular flexibility index (Phi) is 3.27. The molecule has 3 N–H and O–H groups in total. The molecule has 0 radical (unpaired) electrons. The van der Waals surface area contributed by atoms with Crippen LogP contribution in [0, 0.1) is 0 Å². The lowest BCUT2D eigenvalue weighted by molar-refractivity contribution is -0.131. The van der Waals surface area contributed by atoms with Gasteiger partial charge in [-0.25, -0.2) is 0 Å². The molecule has 0 aromatic heterocycles. The van der Waals surface area contributed by atoms with Gasteiger partial charge in [-0.15, -0.1) is 0 Å². The highest BCUT2D eigenvalue weighted by Crippen LogP contribution is 2.29. The largest absolute Gasteiger partial charge is 0.394 e. The van der Waals surface area contributed by atoms with Crippen LogP contribution in [0.2, 0.25) is 0 Å². The van der Waals surface area contributed by atoms with E-state index < -0.39 is 17.6 Å². The van der Waals surface area contributed by atoms with E-state index in [1.807, 2.05) is 0 Å². The lowest BCUT2D eigenvalue weighted by Gasteiger charge is -2.28. The Morgan fingerprint density at radius 2 is 2.08 bits per heavy atom. The Bertz CT molecular complexity index is 185. The Labute approximate surface area is 78.0 Å². The molecule has 0 aromatic rings. The minimum Gasteiger partial charge on any atom is -0.394 e. The van der Waals surface area contributed by atoms with Crippen molar-refractivity contribution in [2.45, 2.75) is 44.2 Å². The molecule has 4 heteroatoms. The quantitative estimate of drug-likeness (QED) is 0.572. The maximum absolute atomic E-state index is 11.2. The van der Waals surface area contributed by atoms with E-state index in [2.05, 4.69) is 5.32 Å². The number of hydrogen-bond donors (Lipinski definition) is 3. The maximum Gasteiger partial charge on any atom is 0.249 e. The van der Waals surface area contributed by atoms with Gasteiger partial charge in [-0.1, -0.05) is 12.8 Å². The summed E-state index contributed by atoms with van der Waals surface area (Å²) in [4.78, 5) is 11.2. The second-order valence-electron chi connectivity index (χ2n) is 3.81. The Hall–Kier alpha value is -0.610. The molecule has 0 spiro atoms. The summed E-state index contributed by atoms with van der Waals surface area (Å²) < 4.78 is 0. The smallest absolute Gasteiger partial charge is 0.249 e. The molecule has 0 aliphatic heterocycles. The van der Waals surface area contributed by atoms with E-state index in [0.29, 0.717) is 0 Å². The van der Waals surface area contributed by atoms with Gasteiger partial charge < -0.3 is 15.5 Å². The van der Waals surface area contributed by atoms with E-state index in [1.165, 1.54) is 6.92 Å². The van der Waals surface area contributed by atoms with Crippen LogP contribution in [0.25, 0.3) is 0 Å². The first-order valence-corrected chi connectivity index (χ1v) is 4.71. The third-order valence-corrected chi connectivity index (χ3v) is 2.63. The molecule has 0 bridgehead atoms. The standard InChI is InChI=1S/C9H17NO3/c1-7(12)8(13)10-9(6-11)4-2-3-5-9/h7,11-12H,2-6H2,1H3,(H,10,13)/t7-/m0/s1. The first-order valence-electron chi connectivity index (χ1n) is 4.71. The molecular formula is C9H17NO3. The second-order valence-corrected chi connectivity index (χ2v) is 3.81. The van der Waals surface area contributed by atoms with E-state index in [0.717, 1.165) is 25.7 Å². The predicted octanol–water partition coefficient (Wildman–Crippen LogP) is -0.212. The molecule has 0 saturated heterocycles. The summed E-state index contributed by atoms with van der Waals surface area (Å²) in [5.74, 6) is -0.393. The van der Waals surface area contributed by atoms with Crippen molar-refractivity contribution in [3.63, 3.8) is 0 Å². The summed E-state index contributed by atoms with van der Waals surface area (Å²) >= 11 is 0. The highest BCUT2D eigenvalue weighted by atomic mass is 16.3. The van der Waals surface area contributed by atoms with Gasteiger partial charge in [0.25, 0.3) is 0 Å². The normalized spacial score (nSPS) is 22.7. The molecule has 1 aliphatic carbocycles. The molecule has 4 nitrogen and oxygen atoms in total. The zero-order valence-electron chi connectivity index (χ0n) is 7.92. The number of aliphatic hydroxyl groups excluding tert-OH is 2. The first-order chi connectivity index (χ1) is 6.09. The molecule has 1 fully saturated rings. The zero-order chi connectivity index (χ0) is 9.90. The summed E-state index contributed by atoms with van der Waals surface area (Å²) in [6, 6.07) is 0. The molecule has 0 heterocycles. The Morgan fingerprint density at radius 1 is 1.54 bits per heavy atom. The molecule has 0 unspecified atom stereocenters. The average molecular weight is 187 g/mol. The van der Waals surface area contributed by atoms with Crippen LogP contribution in [0.15, 0.2) is 0 Å². The van der Waals surface area contributed by atoms with Crippen LogP contribution < -0.4 is 5.32 Å². The van der Waals surface area contributed by atoms with Crippen LogP contribution in [0.5, 0.6) is 0 Å². The van der Waals surface area contributed by atoms with Gasteiger partial charge in [-0.3, -0.25) is 4.79 Å². The Morgan fingerprint density at radius 3 is 2.46 bits per heavy atom. The lowest BCUT2D eigenvalue weighted by Crippen LogP contribution is -2.51. The van der Waals surface area contributed by atoms with Crippen molar-refractivity contribution in [3.05, 3.63) is 0 Å². The number of hydrogen-bond acceptors (Lipinski definition) is 3. The summed E-state index contributed by atoms with van der Waals surface area (Å²) in [5, 5.41) is 20.9. The van der Waals surface area contributed by atoms with Crippen LogP contribution in [0.4, 0.5) is 0 Å². The van der Waals surface area contributed by atoms with E-state index in [9.17, 15) is 4.79 Å². The highest BCUT2D eigenvalue weighted by Gasteiger charge is 2.35. The Balaban J connectivity index is 2.53. The molecule has 1 rings (SSSR count). The van der Waals surface area contributed by atoms with Crippen molar-refractivity contribution in [1.82, 2.24) is 5.32 Å². The topological polar surface area (TPSA) is 69.6 Å². The third-order valence-electron chi connectivity index (χ3n) is 2.63. The predicted molar refractivity (Wildman–Crippen MR) is 48.1 cm³/mol. The molecule has 1 atom stereocenters. The van der Waals surface area contributed by atoms with E-state index >= 15 is 0 Å². The van der Waals surface area contributed by atoms with Gasteiger partial charge in [0, 0.05) is 0 Å². The van der Waals surface area contributed by atoms with Crippen LogP contribution in [0.3, 0.4) is 0 Å². The van der Waals surface area contributed by atoms with Crippen molar-refractivity contribution in [3.8, 4) is 0 Å². The van der Waals surface area contributed by atoms with Gasteiger partial charge in [0.2, 0.25) is 5.91 Å². The summed E-state index contributed by atoms with van der Waals surface area (Å²) in [7, 11) is 0.